The number of pyridine rings is 1. The van der Waals surface area contributed by atoms with Crippen molar-refractivity contribution in [1.82, 2.24) is 19.9 Å². The Morgan fingerprint density at radius 1 is 1.33 bits per heavy atom. The smallest absolute Gasteiger partial charge is 0.376 e. The molecule has 10 heteroatoms. The van der Waals surface area contributed by atoms with E-state index in [1.807, 2.05) is 0 Å². The summed E-state index contributed by atoms with van der Waals surface area (Å²) in [7, 11) is 0. The predicted octanol–water partition coefficient (Wildman–Crippen LogP) is 2.43. The third-order valence-corrected chi connectivity index (χ3v) is 4.85. The Bertz CT molecular complexity index is 982. The summed E-state index contributed by atoms with van der Waals surface area (Å²) in [4.78, 5) is 32.8. The molecule has 3 rings (SSSR count). The molecule has 1 amide bonds. The Balaban J connectivity index is 1.68. The van der Waals surface area contributed by atoms with E-state index in [-0.39, 0.29) is 36.2 Å². The fourth-order valence-electron chi connectivity index (χ4n) is 3.36. The zero-order valence-electron chi connectivity index (χ0n) is 16.8. The molecule has 1 unspecified atom stereocenters. The lowest BCUT2D eigenvalue weighted by Crippen LogP contribution is -2.36. The van der Waals surface area contributed by atoms with Crippen LogP contribution in [0.25, 0.3) is 0 Å². The van der Waals surface area contributed by atoms with E-state index in [4.69, 9.17) is 4.74 Å². The van der Waals surface area contributed by atoms with E-state index >= 15 is 0 Å². The molecular formula is C20H23F3N4O3. The second-order valence-corrected chi connectivity index (χ2v) is 7.28. The molecule has 2 aromatic heterocycles. The van der Waals surface area contributed by atoms with Gasteiger partial charge in [-0.1, -0.05) is 0 Å². The van der Waals surface area contributed by atoms with E-state index in [1.165, 1.54) is 11.5 Å². The van der Waals surface area contributed by atoms with Crippen LogP contribution >= 0.6 is 0 Å². The van der Waals surface area contributed by atoms with Crippen molar-refractivity contribution in [1.29, 1.82) is 0 Å². The van der Waals surface area contributed by atoms with Crippen molar-refractivity contribution < 1.29 is 22.7 Å². The number of alkyl halides is 3. The maximum Gasteiger partial charge on any atom is 0.433 e. The normalized spacial score (nSPS) is 16.6. The van der Waals surface area contributed by atoms with Crippen LogP contribution in [0.5, 0.6) is 0 Å². The number of aromatic nitrogens is 3. The summed E-state index contributed by atoms with van der Waals surface area (Å²) < 4.78 is 45.7. The van der Waals surface area contributed by atoms with Crippen molar-refractivity contribution in [2.24, 2.45) is 0 Å². The van der Waals surface area contributed by atoms with Crippen LogP contribution in [0.1, 0.15) is 46.0 Å². The monoisotopic (exact) mass is 424 g/mol. The molecule has 1 saturated heterocycles. The van der Waals surface area contributed by atoms with Gasteiger partial charge in [-0.25, -0.2) is 9.97 Å². The summed E-state index contributed by atoms with van der Waals surface area (Å²) in [6.45, 7) is 4.14. The van der Waals surface area contributed by atoms with Crippen LogP contribution in [0.15, 0.2) is 23.1 Å². The van der Waals surface area contributed by atoms with Gasteiger partial charge in [-0.3, -0.25) is 9.59 Å². The molecule has 0 aromatic carbocycles. The quantitative estimate of drug-likeness (QED) is 0.770. The lowest BCUT2D eigenvalue weighted by molar-refractivity contribution is -0.141. The molecule has 0 aliphatic carbocycles. The van der Waals surface area contributed by atoms with Crippen LogP contribution in [0.4, 0.5) is 13.2 Å². The Morgan fingerprint density at radius 3 is 2.77 bits per heavy atom. The molecule has 0 saturated carbocycles. The van der Waals surface area contributed by atoms with Crippen molar-refractivity contribution in [2.45, 2.75) is 51.9 Å². The number of carbonyl (C=O) groups is 1. The maximum absolute atomic E-state index is 12.9. The summed E-state index contributed by atoms with van der Waals surface area (Å²) in [5.74, 6) is -0.605. The van der Waals surface area contributed by atoms with Gasteiger partial charge in [0, 0.05) is 31.5 Å². The molecule has 3 heterocycles. The van der Waals surface area contributed by atoms with Crippen LogP contribution in [0.2, 0.25) is 0 Å². The number of halogens is 3. The van der Waals surface area contributed by atoms with Crippen LogP contribution < -0.4 is 10.9 Å². The summed E-state index contributed by atoms with van der Waals surface area (Å²) in [5.41, 5.74) is -0.722. The zero-order valence-corrected chi connectivity index (χ0v) is 16.8. The van der Waals surface area contributed by atoms with Gasteiger partial charge in [0.15, 0.2) is 0 Å². The molecule has 0 radical (unpaired) electrons. The summed E-state index contributed by atoms with van der Waals surface area (Å²) in [6, 6.07) is 2.55. The molecule has 7 nitrogen and oxygen atoms in total. The topological polar surface area (TPSA) is 86.1 Å². The van der Waals surface area contributed by atoms with E-state index in [2.05, 4.69) is 15.3 Å². The molecule has 162 valence electrons. The highest BCUT2D eigenvalue weighted by Crippen LogP contribution is 2.27. The number of aryl methyl sites for hydroxylation is 2. The fourth-order valence-corrected chi connectivity index (χ4v) is 3.36. The Morgan fingerprint density at radius 2 is 2.10 bits per heavy atom. The molecule has 0 spiro atoms. The second kappa shape index (κ2) is 8.95. The van der Waals surface area contributed by atoms with Gasteiger partial charge in [0.2, 0.25) is 0 Å². The number of amides is 1. The van der Waals surface area contributed by atoms with E-state index in [9.17, 15) is 22.8 Å². The molecule has 1 aliphatic heterocycles. The summed E-state index contributed by atoms with van der Waals surface area (Å²) >= 11 is 0. The molecule has 30 heavy (non-hydrogen) atoms. The summed E-state index contributed by atoms with van der Waals surface area (Å²) in [5, 5.41) is 2.58. The van der Waals surface area contributed by atoms with E-state index in [0.29, 0.717) is 18.7 Å². The van der Waals surface area contributed by atoms with Gasteiger partial charge in [-0.15, -0.1) is 0 Å². The third kappa shape index (κ3) is 5.24. The van der Waals surface area contributed by atoms with E-state index in [0.717, 1.165) is 18.9 Å². The highest BCUT2D eigenvalue weighted by atomic mass is 19.4. The highest BCUT2D eigenvalue weighted by Gasteiger charge is 2.33. The number of nitrogens with one attached hydrogen (secondary N) is 1. The highest BCUT2D eigenvalue weighted by molar-refractivity contribution is 5.95. The molecule has 0 bridgehead atoms. The Labute approximate surface area is 171 Å². The number of carbonyl (C=O) groups excluding carboxylic acids is 1. The lowest BCUT2D eigenvalue weighted by Gasteiger charge is -2.14. The van der Waals surface area contributed by atoms with Crippen LogP contribution in [0.3, 0.4) is 0 Å². The Hall–Kier alpha value is -2.75. The van der Waals surface area contributed by atoms with Crippen LogP contribution in [0, 0.1) is 13.8 Å². The first kappa shape index (κ1) is 21.9. The predicted molar refractivity (Wildman–Crippen MR) is 102 cm³/mol. The SMILES string of the molecule is Cc1cc(C(F)(F)F)nc(CCNC(=O)c2c(C)ccn(CC3CCCO3)c2=O)n1. The second-order valence-electron chi connectivity index (χ2n) is 7.28. The van der Waals surface area contributed by atoms with Gasteiger partial charge in [-0.2, -0.15) is 13.2 Å². The van der Waals surface area contributed by atoms with Gasteiger partial charge in [-0.05, 0) is 44.4 Å². The molecule has 1 aliphatic rings. The van der Waals surface area contributed by atoms with Crippen molar-refractivity contribution >= 4 is 5.91 Å². The average Bonchev–Trinajstić information content (AvgIpc) is 3.16. The average molecular weight is 424 g/mol. The molecular weight excluding hydrogens is 401 g/mol. The standard InChI is InChI=1S/C20H23F3N4O3/c1-12-6-8-27(11-14-4-3-9-30-14)19(29)17(12)18(28)24-7-5-16-25-13(2)10-15(26-16)20(21,22)23/h6,8,10,14H,3-5,7,9,11H2,1-2H3,(H,24,28). The van der Waals surface area contributed by atoms with E-state index < -0.39 is 23.3 Å². The number of hydrogen-bond acceptors (Lipinski definition) is 5. The van der Waals surface area contributed by atoms with Crippen molar-refractivity contribution in [3.8, 4) is 0 Å². The minimum absolute atomic E-state index is 0.000899. The number of nitrogens with zero attached hydrogens (tertiary/aromatic N) is 3. The lowest BCUT2D eigenvalue weighted by atomic mass is 10.1. The largest absolute Gasteiger partial charge is 0.433 e. The zero-order chi connectivity index (χ0) is 21.9. The van der Waals surface area contributed by atoms with Crippen LogP contribution in [-0.2, 0) is 23.9 Å². The van der Waals surface area contributed by atoms with Gasteiger partial charge in [0.25, 0.3) is 11.5 Å². The van der Waals surface area contributed by atoms with Crippen LogP contribution in [-0.4, -0.2) is 39.7 Å². The first-order chi connectivity index (χ1) is 14.1. The van der Waals surface area contributed by atoms with Gasteiger partial charge in [0.05, 0.1) is 12.6 Å². The third-order valence-electron chi connectivity index (χ3n) is 4.85. The molecule has 1 N–H and O–H groups in total. The van der Waals surface area contributed by atoms with Crippen molar-refractivity contribution in [3.63, 3.8) is 0 Å². The first-order valence-electron chi connectivity index (χ1n) is 9.66. The number of rotatable bonds is 6. The molecule has 2 aromatic rings. The minimum atomic E-state index is -4.57. The summed E-state index contributed by atoms with van der Waals surface area (Å²) in [6.07, 6.45) is -1.18. The number of hydrogen-bond donors (Lipinski definition) is 1. The van der Waals surface area contributed by atoms with Gasteiger partial charge < -0.3 is 14.6 Å². The van der Waals surface area contributed by atoms with Gasteiger partial charge in [0.1, 0.15) is 17.1 Å². The minimum Gasteiger partial charge on any atom is -0.376 e. The van der Waals surface area contributed by atoms with Crippen molar-refractivity contribution in [2.75, 3.05) is 13.2 Å². The fraction of sp³-hybridized carbons (Fsp3) is 0.500. The number of ether oxygens (including phenoxy) is 1. The van der Waals surface area contributed by atoms with Gasteiger partial charge >= 0.3 is 6.18 Å². The Kier molecular flexibility index (Phi) is 6.55. The van der Waals surface area contributed by atoms with E-state index in [1.54, 1.807) is 19.2 Å². The van der Waals surface area contributed by atoms with Crippen molar-refractivity contribution in [3.05, 3.63) is 57.0 Å². The maximum atomic E-state index is 12.9. The molecule has 1 fully saturated rings. The first-order valence-corrected chi connectivity index (χ1v) is 9.66. The molecule has 1 atom stereocenters.